The van der Waals surface area contributed by atoms with E-state index < -0.39 is 11.4 Å². The molecule has 0 amide bonds. The van der Waals surface area contributed by atoms with Crippen LogP contribution in [0.5, 0.6) is 0 Å². The SMILES string of the molecule is CC(O)(c1ccccc1)c1cc2cccc(F)c2o1. The van der Waals surface area contributed by atoms with Crippen molar-refractivity contribution in [3.8, 4) is 0 Å². The molecule has 0 aliphatic carbocycles. The van der Waals surface area contributed by atoms with Gasteiger partial charge in [-0.05, 0) is 24.6 Å². The van der Waals surface area contributed by atoms with Crippen LogP contribution in [-0.4, -0.2) is 5.11 Å². The summed E-state index contributed by atoms with van der Waals surface area (Å²) in [5, 5.41) is 11.3. The maximum atomic E-state index is 13.6. The van der Waals surface area contributed by atoms with E-state index in [0.717, 1.165) is 0 Å². The largest absolute Gasteiger partial charge is 0.455 e. The molecule has 1 aromatic heterocycles. The van der Waals surface area contributed by atoms with Crippen molar-refractivity contribution in [3.05, 3.63) is 71.7 Å². The van der Waals surface area contributed by atoms with E-state index in [1.165, 1.54) is 6.07 Å². The van der Waals surface area contributed by atoms with Crippen LogP contribution in [0.1, 0.15) is 18.2 Å². The van der Waals surface area contributed by atoms with Crippen molar-refractivity contribution < 1.29 is 13.9 Å². The Hall–Kier alpha value is -2.13. The lowest BCUT2D eigenvalue weighted by Crippen LogP contribution is -2.21. The van der Waals surface area contributed by atoms with Crippen molar-refractivity contribution in [3.63, 3.8) is 0 Å². The molecule has 0 radical (unpaired) electrons. The highest BCUT2D eigenvalue weighted by molar-refractivity contribution is 5.78. The Balaban J connectivity index is 2.16. The molecular weight excluding hydrogens is 243 g/mol. The maximum absolute atomic E-state index is 13.6. The quantitative estimate of drug-likeness (QED) is 0.756. The molecule has 0 aliphatic heterocycles. The minimum atomic E-state index is -1.28. The Morgan fingerprint density at radius 3 is 2.47 bits per heavy atom. The molecule has 1 heterocycles. The summed E-state index contributed by atoms with van der Waals surface area (Å²) >= 11 is 0. The Morgan fingerprint density at radius 2 is 1.79 bits per heavy atom. The van der Waals surface area contributed by atoms with Crippen molar-refractivity contribution in [2.45, 2.75) is 12.5 Å². The van der Waals surface area contributed by atoms with Crippen LogP contribution in [0.3, 0.4) is 0 Å². The van der Waals surface area contributed by atoms with Gasteiger partial charge in [-0.15, -0.1) is 0 Å². The van der Waals surface area contributed by atoms with Crippen LogP contribution in [0.15, 0.2) is 59.0 Å². The van der Waals surface area contributed by atoms with E-state index in [0.29, 0.717) is 16.7 Å². The average Bonchev–Trinajstić information content (AvgIpc) is 2.86. The highest BCUT2D eigenvalue weighted by atomic mass is 19.1. The summed E-state index contributed by atoms with van der Waals surface area (Å²) in [6, 6.07) is 15.6. The van der Waals surface area contributed by atoms with Gasteiger partial charge in [0, 0.05) is 5.39 Å². The number of fused-ring (bicyclic) bond motifs is 1. The second-order valence-corrected chi connectivity index (χ2v) is 4.71. The van der Waals surface area contributed by atoms with Gasteiger partial charge in [-0.2, -0.15) is 0 Å². The lowest BCUT2D eigenvalue weighted by atomic mass is 9.93. The lowest BCUT2D eigenvalue weighted by molar-refractivity contribution is 0.0784. The highest BCUT2D eigenvalue weighted by Crippen LogP contribution is 2.33. The minimum Gasteiger partial charge on any atom is -0.455 e. The van der Waals surface area contributed by atoms with Gasteiger partial charge >= 0.3 is 0 Å². The van der Waals surface area contributed by atoms with Crippen LogP contribution >= 0.6 is 0 Å². The third-order valence-electron chi connectivity index (χ3n) is 3.31. The molecule has 0 aliphatic rings. The molecular formula is C16H13FO2. The van der Waals surface area contributed by atoms with Crippen LogP contribution in [0.25, 0.3) is 11.0 Å². The number of halogens is 1. The number of hydrogen-bond acceptors (Lipinski definition) is 2. The Bertz CT molecular complexity index is 714. The predicted octanol–water partition coefficient (Wildman–Crippen LogP) is 3.83. The fraction of sp³-hybridized carbons (Fsp3) is 0.125. The standard InChI is InChI=1S/C16H13FO2/c1-16(18,12-7-3-2-4-8-12)14-10-11-6-5-9-13(17)15(11)19-14/h2-10,18H,1H3. The first-order chi connectivity index (χ1) is 9.09. The van der Waals surface area contributed by atoms with E-state index in [1.54, 1.807) is 25.1 Å². The monoisotopic (exact) mass is 256 g/mol. The van der Waals surface area contributed by atoms with Crippen molar-refractivity contribution >= 4 is 11.0 Å². The summed E-state index contributed by atoms with van der Waals surface area (Å²) in [4.78, 5) is 0. The van der Waals surface area contributed by atoms with Crippen molar-refractivity contribution in [2.24, 2.45) is 0 Å². The fourth-order valence-corrected chi connectivity index (χ4v) is 2.17. The molecule has 96 valence electrons. The predicted molar refractivity (Wildman–Crippen MR) is 71.3 cm³/mol. The van der Waals surface area contributed by atoms with Crippen LogP contribution < -0.4 is 0 Å². The van der Waals surface area contributed by atoms with Crippen LogP contribution in [0.4, 0.5) is 4.39 Å². The second kappa shape index (κ2) is 4.21. The molecule has 0 bridgehead atoms. The molecule has 19 heavy (non-hydrogen) atoms. The summed E-state index contributed by atoms with van der Waals surface area (Å²) in [6.07, 6.45) is 0. The van der Waals surface area contributed by atoms with Gasteiger partial charge in [0.25, 0.3) is 0 Å². The first-order valence-corrected chi connectivity index (χ1v) is 6.05. The number of para-hydroxylation sites is 1. The van der Waals surface area contributed by atoms with E-state index in [9.17, 15) is 9.50 Å². The van der Waals surface area contributed by atoms with E-state index in [-0.39, 0.29) is 5.58 Å². The Kier molecular flexibility index (Phi) is 2.64. The number of furan rings is 1. The van der Waals surface area contributed by atoms with Gasteiger partial charge in [0.05, 0.1) is 0 Å². The second-order valence-electron chi connectivity index (χ2n) is 4.71. The zero-order valence-corrected chi connectivity index (χ0v) is 10.4. The van der Waals surface area contributed by atoms with E-state index in [1.807, 2.05) is 30.3 Å². The molecule has 0 spiro atoms. The first kappa shape index (κ1) is 11.9. The summed E-state index contributed by atoms with van der Waals surface area (Å²) in [7, 11) is 0. The number of benzene rings is 2. The zero-order chi connectivity index (χ0) is 13.5. The van der Waals surface area contributed by atoms with Crippen molar-refractivity contribution in [1.29, 1.82) is 0 Å². The van der Waals surface area contributed by atoms with Crippen LogP contribution in [0, 0.1) is 5.82 Å². The molecule has 3 heteroatoms. The number of aliphatic hydroxyl groups is 1. The van der Waals surface area contributed by atoms with Gasteiger partial charge in [-0.3, -0.25) is 0 Å². The summed E-state index contributed by atoms with van der Waals surface area (Å²) in [5.41, 5.74) is -0.407. The molecule has 3 rings (SSSR count). The third-order valence-corrected chi connectivity index (χ3v) is 3.31. The van der Waals surface area contributed by atoms with Crippen LogP contribution in [-0.2, 0) is 5.60 Å². The van der Waals surface area contributed by atoms with Gasteiger partial charge in [0.1, 0.15) is 11.4 Å². The molecule has 0 fully saturated rings. The lowest BCUT2D eigenvalue weighted by Gasteiger charge is -2.20. The molecule has 1 unspecified atom stereocenters. The van der Waals surface area contributed by atoms with Crippen molar-refractivity contribution in [2.75, 3.05) is 0 Å². The van der Waals surface area contributed by atoms with Gasteiger partial charge in [0.15, 0.2) is 11.4 Å². The van der Waals surface area contributed by atoms with Crippen LogP contribution in [0.2, 0.25) is 0 Å². The zero-order valence-electron chi connectivity index (χ0n) is 10.4. The molecule has 2 nitrogen and oxygen atoms in total. The fourth-order valence-electron chi connectivity index (χ4n) is 2.17. The smallest absolute Gasteiger partial charge is 0.170 e. The molecule has 3 aromatic rings. The summed E-state index contributed by atoms with van der Waals surface area (Å²) in [5.74, 6) is -0.0913. The summed E-state index contributed by atoms with van der Waals surface area (Å²) < 4.78 is 19.1. The Morgan fingerprint density at radius 1 is 1.05 bits per heavy atom. The highest BCUT2D eigenvalue weighted by Gasteiger charge is 2.29. The Labute approximate surface area is 110 Å². The molecule has 0 saturated heterocycles. The number of hydrogen-bond donors (Lipinski definition) is 1. The van der Waals surface area contributed by atoms with Crippen molar-refractivity contribution in [1.82, 2.24) is 0 Å². The summed E-state index contributed by atoms with van der Waals surface area (Å²) in [6.45, 7) is 1.64. The molecule has 1 atom stereocenters. The van der Waals surface area contributed by atoms with Gasteiger partial charge in [-0.1, -0.05) is 42.5 Å². The topological polar surface area (TPSA) is 33.4 Å². The number of rotatable bonds is 2. The van der Waals surface area contributed by atoms with Gasteiger partial charge in [0.2, 0.25) is 0 Å². The third kappa shape index (κ3) is 1.92. The van der Waals surface area contributed by atoms with Gasteiger partial charge < -0.3 is 9.52 Å². The van der Waals surface area contributed by atoms with E-state index in [2.05, 4.69) is 0 Å². The van der Waals surface area contributed by atoms with E-state index in [4.69, 9.17) is 4.42 Å². The molecule has 2 aromatic carbocycles. The minimum absolute atomic E-state index is 0.175. The van der Waals surface area contributed by atoms with E-state index >= 15 is 0 Å². The molecule has 0 saturated carbocycles. The molecule has 1 N–H and O–H groups in total. The maximum Gasteiger partial charge on any atom is 0.170 e. The normalized spacial score (nSPS) is 14.5. The average molecular weight is 256 g/mol. The first-order valence-electron chi connectivity index (χ1n) is 6.05. The van der Waals surface area contributed by atoms with Gasteiger partial charge in [-0.25, -0.2) is 4.39 Å².